The van der Waals surface area contributed by atoms with E-state index in [-0.39, 0.29) is 6.17 Å². The lowest BCUT2D eigenvalue weighted by molar-refractivity contribution is -0.0241. The van der Waals surface area contributed by atoms with Crippen molar-refractivity contribution in [2.75, 3.05) is 18.0 Å². The highest BCUT2D eigenvalue weighted by molar-refractivity contribution is 5.49. The molecule has 2 saturated heterocycles. The molecule has 0 aromatic heterocycles. The number of hydrogen-bond acceptors (Lipinski definition) is 3. The molecule has 0 amide bonds. The zero-order chi connectivity index (χ0) is 16.4. The average molecular weight is 314 g/mol. The lowest BCUT2D eigenvalue weighted by atomic mass is 9.94. The summed E-state index contributed by atoms with van der Waals surface area (Å²) in [5, 5.41) is 11.3. The summed E-state index contributed by atoms with van der Waals surface area (Å²) in [5.41, 5.74) is 1.85. The van der Waals surface area contributed by atoms with Gasteiger partial charge >= 0.3 is 0 Å². The van der Waals surface area contributed by atoms with Gasteiger partial charge in [-0.15, -0.1) is 0 Å². The first-order valence-corrected chi connectivity index (χ1v) is 8.92. The number of allylic oxidation sites excluding steroid dienone is 2. The summed E-state index contributed by atoms with van der Waals surface area (Å²) in [7, 11) is 0. The van der Waals surface area contributed by atoms with Crippen LogP contribution in [0.2, 0.25) is 0 Å². The topological polar surface area (TPSA) is 26.7 Å². The first-order valence-electron chi connectivity index (χ1n) is 8.92. The Bertz CT molecular complexity index is 548. The molecule has 3 nitrogen and oxygen atoms in total. The van der Waals surface area contributed by atoms with Gasteiger partial charge in [0.2, 0.25) is 0 Å². The van der Waals surface area contributed by atoms with Gasteiger partial charge in [-0.25, -0.2) is 0 Å². The first kappa shape index (κ1) is 16.5. The van der Waals surface area contributed by atoms with Gasteiger partial charge < -0.3 is 10.0 Å². The van der Waals surface area contributed by atoms with Crippen molar-refractivity contribution in [2.24, 2.45) is 0 Å². The molecule has 2 fully saturated rings. The highest BCUT2D eigenvalue weighted by atomic mass is 16.3. The summed E-state index contributed by atoms with van der Waals surface area (Å²) in [6.45, 7) is 8.41. The molecule has 0 radical (unpaired) electrons. The van der Waals surface area contributed by atoms with Crippen molar-refractivity contribution in [1.82, 2.24) is 4.90 Å². The van der Waals surface area contributed by atoms with E-state index in [0.717, 1.165) is 25.9 Å². The molecule has 0 aliphatic carbocycles. The molecule has 3 rings (SSSR count). The van der Waals surface area contributed by atoms with E-state index in [1.807, 2.05) is 6.92 Å². The van der Waals surface area contributed by atoms with Gasteiger partial charge in [-0.2, -0.15) is 0 Å². The number of anilines is 1. The molecule has 126 valence electrons. The molecule has 0 saturated carbocycles. The SMILES string of the molecule is CC(C)=CCC[C@@](C)(O)[C@H]1N(c2ccccc2)C[C@@H]2CCCN21. The van der Waals surface area contributed by atoms with Crippen molar-refractivity contribution in [2.45, 2.75) is 64.3 Å². The number of benzene rings is 1. The average Bonchev–Trinajstić information content (AvgIpc) is 3.07. The van der Waals surface area contributed by atoms with Crippen LogP contribution in [0.4, 0.5) is 5.69 Å². The third kappa shape index (κ3) is 3.46. The molecule has 0 spiro atoms. The van der Waals surface area contributed by atoms with Crippen molar-refractivity contribution in [1.29, 1.82) is 0 Å². The molecule has 2 aliphatic heterocycles. The maximum Gasteiger partial charge on any atom is 0.111 e. The number of aliphatic hydroxyl groups is 1. The Morgan fingerprint density at radius 2 is 2.04 bits per heavy atom. The van der Waals surface area contributed by atoms with Gasteiger partial charge in [0.25, 0.3) is 0 Å². The van der Waals surface area contributed by atoms with Crippen LogP contribution < -0.4 is 4.90 Å². The number of fused-ring (bicyclic) bond motifs is 1. The van der Waals surface area contributed by atoms with Crippen LogP contribution in [0.15, 0.2) is 42.0 Å². The van der Waals surface area contributed by atoms with E-state index in [1.54, 1.807) is 0 Å². The number of para-hydroxylation sites is 1. The Hall–Kier alpha value is -1.32. The molecule has 1 aromatic rings. The molecule has 3 heteroatoms. The van der Waals surface area contributed by atoms with Gasteiger partial charge in [-0.3, -0.25) is 4.90 Å². The maximum absolute atomic E-state index is 11.3. The Morgan fingerprint density at radius 1 is 1.30 bits per heavy atom. The van der Waals surface area contributed by atoms with Crippen LogP contribution in [0.3, 0.4) is 0 Å². The smallest absolute Gasteiger partial charge is 0.111 e. The fourth-order valence-corrected chi connectivity index (χ4v) is 4.22. The number of hydrogen-bond donors (Lipinski definition) is 1. The van der Waals surface area contributed by atoms with Crippen LogP contribution in [0, 0.1) is 0 Å². The Morgan fingerprint density at radius 3 is 2.74 bits per heavy atom. The zero-order valence-electron chi connectivity index (χ0n) is 14.7. The highest BCUT2D eigenvalue weighted by Crippen LogP contribution is 2.39. The van der Waals surface area contributed by atoms with E-state index in [9.17, 15) is 5.11 Å². The lowest BCUT2D eigenvalue weighted by Gasteiger charge is -2.41. The fraction of sp³-hybridized carbons (Fsp3) is 0.600. The van der Waals surface area contributed by atoms with E-state index in [1.165, 1.54) is 24.1 Å². The van der Waals surface area contributed by atoms with E-state index in [2.05, 4.69) is 60.1 Å². The van der Waals surface area contributed by atoms with Crippen LogP contribution in [0.25, 0.3) is 0 Å². The Labute approximate surface area is 140 Å². The minimum Gasteiger partial charge on any atom is -0.387 e. The van der Waals surface area contributed by atoms with Crippen molar-refractivity contribution >= 4 is 5.69 Å². The van der Waals surface area contributed by atoms with Gasteiger partial charge in [0.15, 0.2) is 0 Å². The molecule has 0 unspecified atom stereocenters. The molecule has 1 aromatic carbocycles. The zero-order valence-corrected chi connectivity index (χ0v) is 14.7. The van der Waals surface area contributed by atoms with Crippen molar-refractivity contribution in [3.05, 3.63) is 42.0 Å². The summed E-state index contributed by atoms with van der Waals surface area (Å²) in [5.74, 6) is 0. The van der Waals surface area contributed by atoms with Crippen LogP contribution in [0.1, 0.15) is 46.5 Å². The summed E-state index contributed by atoms with van der Waals surface area (Å²) in [4.78, 5) is 4.96. The molecule has 23 heavy (non-hydrogen) atoms. The van der Waals surface area contributed by atoms with E-state index >= 15 is 0 Å². The summed E-state index contributed by atoms with van der Waals surface area (Å²) in [6.07, 6.45) is 6.57. The quantitative estimate of drug-likeness (QED) is 0.838. The summed E-state index contributed by atoms with van der Waals surface area (Å²) in [6, 6.07) is 11.2. The van der Waals surface area contributed by atoms with Gasteiger partial charge in [0.05, 0.1) is 5.60 Å². The lowest BCUT2D eigenvalue weighted by Crippen LogP contribution is -2.55. The van der Waals surface area contributed by atoms with Crippen molar-refractivity contribution in [3.8, 4) is 0 Å². The minimum absolute atomic E-state index is 0.0861. The second-order valence-corrected chi connectivity index (χ2v) is 7.57. The Balaban J connectivity index is 1.84. The van der Waals surface area contributed by atoms with Crippen LogP contribution in [-0.4, -0.2) is 40.9 Å². The van der Waals surface area contributed by atoms with Crippen molar-refractivity contribution < 1.29 is 5.11 Å². The third-order valence-electron chi connectivity index (χ3n) is 5.29. The number of nitrogens with zero attached hydrogens (tertiary/aromatic N) is 2. The third-order valence-corrected chi connectivity index (χ3v) is 5.29. The Kier molecular flexibility index (Phi) is 4.79. The van der Waals surface area contributed by atoms with Gasteiger partial charge in [0, 0.05) is 24.8 Å². The molecule has 1 N–H and O–H groups in total. The predicted molar refractivity (Wildman–Crippen MR) is 96.6 cm³/mol. The largest absolute Gasteiger partial charge is 0.387 e. The second-order valence-electron chi connectivity index (χ2n) is 7.57. The second kappa shape index (κ2) is 6.66. The normalized spacial score (nSPS) is 26.9. The molecule has 3 atom stereocenters. The first-order chi connectivity index (χ1) is 11.0. The predicted octanol–water partition coefficient (Wildman–Crippen LogP) is 3.79. The molecule has 2 aliphatic rings. The van der Waals surface area contributed by atoms with Crippen molar-refractivity contribution in [3.63, 3.8) is 0 Å². The standard InChI is InChI=1S/C20H30N2O/c1-16(2)9-7-13-20(3,23)19-21-14-8-12-18(21)15-22(19)17-10-5-4-6-11-17/h4-6,9-11,18-19,23H,7-8,12-15H2,1-3H3/t18-,19+,20+/m0/s1. The van der Waals surface area contributed by atoms with Crippen LogP contribution >= 0.6 is 0 Å². The number of rotatable bonds is 5. The molecule has 0 bridgehead atoms. The summed E-state index contributed by atoms with van der Waals surface area (Å²) < 4.78 is 0. The van der Waals surface area contributed by atoms with Crippen LogP contribution in [0.5, 0.6) is 0 Å². The van der Waals surface area contributed by atoms with E-state index in [0.29, 0.717) is 6.04 Å². The fourth-order valence-electron chi connectivity index (χ4n) is 4.22. The van der Waals surface area contributed by atoms with E-state index < -0.39 is 5.60 Å². The summed E-state index contributed by atoms with van der Waals surface area (Å²) >= 11 is 0. The highest BCUT2D eigenvalue weighted by Gasteiger charge is 2.49. The monoisotopic (exact) mass is 314 g/mol. The molecule has 2 heterocycles. The maximum atomic E-state index is 11.3. The van der Waals surface area contributed by atoms with E-state index in [4.69, 9.17) is 0 Å². The molecular weight excluding hydrogens is 284 g/mol. The minimum atomic E-state index is -0.707. The van der Waals surface area contributed by atoms with Gasteiger partial charge in [-0.05, 0) is 58.6 Å². The van der Waals surface area contributed by atoms with Gasteiger partial charge in [0.1, 0.15) is 6.17 Å². The van der Waals surface area contributed by atoms with Crippen LogP contribution in [-0.2, 0) is 0 Å². The molecular formula is C20H30N2O. The van der Waals surface area contributed by atoms with Gasteiger partial charge in [-0.1, -0.05) is 29.8 Å².